The maximum atomic E-state index is 8.77. The molecule has 3 nitrogen and oxygen atoms in total. The Morgan fingerprint density at radius 3 is 3.12 bits per heavy atom. The van der Waals surface area contributed by atoms with Gasteiger partial charge in [0, 0.05) is 19.0 Å². The summed E-state index contributed by atoms with van der Waals surface area (Å²) in [7, 11) is 0. The molecule has 88 valence electrons. The molecule has 0 saturated heterocycles. The summed E-state index contributed by atoms with van der Waals surface area (Å²) < 4.78 is 3.41. The molecule has 0 saturated carbocycles. The first kappa shape index (κ1) is 10.7. The lowest BCUT2D eigenvalue weighted by molar-refractivity contribution is 0.284. The van der Waals surface area contributed by atoms with E-state index < -0.39 is 0 Å². The van der Waals surface area contributed by atoms with Crippen LogP contribution >= 0.6 is 11.3 Å². The number of rotatable bonds is 4. The molecule has 0 amide bonds. The van der Waals surface area contributed by atoms with E-state index in [2.05, 4.69) is 27.6 Å². The molecular formula is C13H14N2OS. The summed E-state index contributed by atoms with van der Waals surface area (Å²) in [4.78, 5) is 5.36. The predicted octanol–water partition coefficient (Wildman–Crippen LogP) is 2.86. The Morgan fingerprint density at radius 2 is 2.24 bits per heavy atom. The van der Waals surface area contributed by atoms with Crippen molar-refractivity contribution >= 4 is 26.5 Å². The Balaban J connectivity index is 1.95. The molecule has 17 heavy (non-hydrogen) atoms. The van der Waals surface area contributed by atoms with Gasteiger partial charge in [-0.25, -0.2) is 4.98 Å². The average molecular weight is 246 g/mol. The summed E-state index contributed by atoms with van der Waals surface area (Å²) in [6.07, 6.45) is 6.80. The molecule has 0 fully saturated rings. The van der Waals surface area contributed by atoms with Gasteiger partial charge < -0.3 is 5.11 Å². The van der Waals surface area contributed by atoms with E-state index in [1.807, 2.05) is 12.4 Å². The van der Waals surface area contributed by atoms with Crippen molar-refractivity contribution < 1.29 is 5.11 Å². The van der Waals surface area contributed by atoms with Gasteiger partial charge >= 0.3 is 0 Å². The van der Waals surface area contributed by atoms with Gasteiger partial charge in [0.05, 0.1) is 10.2 Å². The molecule has 0 unspecified atom stereocenters. The van der Waals surface area contributed by atoms with Crippen LogP contribution in [-0.4, -0.2) is 21.1 Å². The molecule has 3 rings (SSSR count). The zero-order chi connectivity index (χ0) is 11.7. The van der Waals surface area contributed by atoms with Gasteiger partial charge in [-0.1, -0.05) is 17.4 Å². The van der Waals surface area contributed by atoms with E-state index in [1.165, 1.54) is 15.8 Å². The third-order valence-electron chi connectivity index (χ3n) is 2.97. The average Bonchev–Trinajstić information content (AvgIpc) is 2.89. The second-order valence-corrected chi connectivity index (χ2v) is 5.17. The van der Waals surface area contributed by atoms with Crippen LogP contribution in [0.5, 0.6) is 0 Å². The Labute approximate surface area is 103 Å². The largest absolute Gasteiger partial charge is 0.396 e. The minimum absolute atomic E-state index is 0.287. The van der Waals surface area contributed by atoms with Crippen molar-refractivity contribution in [3.63, 3.8) is 0 Å². The molecule has 2 aromatic heterocycles. The molecule has 4 heteroatoms. The van der Waals surface area contributed by atoms with Crippen LogP contribution in [0.1, 0.15) is 18.4 Å². The van der Waals surface area contributed by atoms with Crippen LogP contribution < -0.4 is 0 Å². The van der Waals surface area contributed by atoms with E-state index in [1.54, 1.807) is 11.3 Å². The highest BCUT2D eigenvalue weighted by Gasteiger charge is 2.05. The highest BCUT2D eigenvalue weighted by molar-refractivity contribution is 7.23. The number of aromatic nitrogens is 2. The van der Waals surface area contributed by atoms with Crippen molar-refractivity contribution in [2.24, 2.45) is 0 Å². The van der Waals surface area contributed by atoms with Gasteiger partial charge in [-0.2, -0.15) is 0 Å². The quantitative estimate of drug-likeness (QED) is 0.719. The van der Waals surface area contributed by atoms with Crippen LogP contribution in [0.3, 0.4) is 0 Å². The van der Waals surface area contributed by atoms with Crippen LogP contribution in [0.2, 0.25) is 0 Å². The zero-order valence-electron chi connectivity index (χ0n) is 9.47. The van der Waals surface area contributed by atoms with Crippen molar-refractivity contribution in [1.82, 2.24) is 9.38 Å². The Bertz CT molecular complexity index is 641. The number of hydrogen-bond acceptors (Lipinski definition) is 3. The minimum atomic E-state index is 0.287. The lowest BCUT2D eigenvalue weighted by atomic mass is 10.1. The van der Waals surface area contributed by atoms with Crippen LogP contribution in [0.4, 0.5) is 0 Å². The molecule has 0 aliphatic heterocycles. The van der Waals surface area contributed by atoms with E-state index in [4.69, 9.17) is 5.11 Å². The van der Waals surface area contributed by atoms with Gasteiger partial charge in [-0.3, -0.25) is 4.40 Å². The molecule has 2 heterocycles. The fourth-order valence-corrected chi connectivity index (χ4v) is 3.13. The molecule has 0 bridgehead atoms. The number of aliphatic hydroxyl groups is 1. The lowest BCUT2D eigenvalue weighted by Crippen LogP contribution is -1.88. The molecule has 0 atom stereocenters. The third kappa shape index (κ3) is 1.94. The van der Waals surface area contributed by atoms with Gasteiger partial charge in [0.2, 0.25) is 0 Å². The van der Waals surface area contributed by atoms with Crippen molar-refractivity contribution in [1.29, 1.82) is 0 Å². The maximum Gasteiger partial charge on any atom is 0.194 e. The van der Waals surface area contributed by atoms with E-state index in [0.717, 1.165) is 24.2 Å². The summed E-state index contributed by atoms with van der Waals surface area (Å²) in [5, 5.41) is 8.77. The number of unbranched alkanes of at least 4 members (excludes halogenated alkanes) is 1. The van der Waals surface area contributed by atoms with Crippen LogP contribution in [0, 0.1) is 0 Å². The zero-order valence-corrected chi connectivity index (χ0v) is 10.3. The first-order valence-electron chi connectivity index (χ1n) is 5.84. The van der Waals surface area contributed by atoms with Crippen LogP contribution in [0.15, 0.2) is 30.6 Å². The monoisotopic (exact) mass is 246 g/mol. The molecule has 0 radical (unpaired) electrons. The highest BCUT2D eigenvalue weighted by atomic mass is 32.1. The van der Waals surface area contributed by atoms with Gasteiger partial charge in [-0.05, 0) is 37.0 Å². The van der Waals surface area contributed by atoms with Gasteiger partial charge in [0.15, 0.2) is 4.96 Å². The van der Waals surface area contributed by atoms with E-state index in [-0.39, 0.29) is 6.61 Å². The predicted molar refractivity (Wildman–Crippen MR) is 70.6 cm³/mol. The summed E-state index contributed by atoms with van der Waals surface area (Å²) in [6, 6.07) is 6.58. The van der Waals surface area contributed by atoms with Gasteiger partial charge in [0.1, 0.15) is 0 Å². The number of imidazole rings is 1. The number of thiazole rings is 1. The smallest absolute Gasteiger partial charge is 0.194 e. The molecule has 3 aromatic rings. The van der Waals surface area contributed by atoms with Crippen LogP contribution in [-0.2, 0) is 6.42 Å². The topological polar surface area (TPSA) is 37.5 Å². The fraction of sp³-hybridized carbons (Fsp3) is 0.308. The Morgan fingerprint density at radius 1 is 1.29 bits per heavy atom. The number of fused-ring (bicyclic) bond motifs is 3. The van der Waals surface area contributed by atoms with Crippen LogP contribution in [0.25, 0.3) is 15.2 Å². The third-order valence-corrected chi connectivity index (χ3v) is 4.00. The standard InChI is InChI=1S/C13H14N2OS/c16-8-2-1-3-10-4-5-11-12(9-10)17-13-14-6-7-15(11)13/h4-7,9,16H,1-3,8H2. The maximum absolute atomic E-state index is 8.77. The van der Waals surface area contributed by atoms with E-state index in [9.17, 15) is 0 Å². The second-order valence-electron chi connectivity index (χ2n) is 4.16. The minimum Gasteiger partial charge on any atom is -0.396 e. The summed E-state index contributed by atoms with van der Waals surface area (Å²) in [6.45, 7) is 0.287. The first-order chi connectivity index (χ1) is 8.38. The Kier molecular flexibility index (Phi) is 2.82. The summed E-state index contributed by atoms with van der Waals surface area (Å²) in [5.74, 6) is 0. The molecule has 1 aromatic carbocycles. The summed E-state index contributed by atoms with van der Waals surface area (Å²) in [5.41, 5.74) is 2.57. The summed E-state index contributed by atoms with van der Waals surface area (Å²) >= 11 is 1.72. The van der Waals surface area contributed by atoms with Gasteiger partial charge in [0.25, 0.3) is 0 Å². The molecular weight excluding hydrogens is 232 g/mol. The van der Waals surface area contributed by atoms with Crippen molar-refractivity contribution in [2.75, 3.05) is 6.61 Å². The first-order valence-corrected chi connectivity index (χ1v) is 6.65. The number of nitrogens with zero attached hydrogens (tertiary/aromatic N) is 2. The highest BCUT2D eigenvalue weighted by Crippen LogP contribution is 2.26. The van der Waals surface area contributed by atoms with E-state index >= 15 is 0 Å². The molecule has 0 spiro atoms. The normalized spacial score (nSPS) is 11.6. The number of benzene rings is 1. The van der Waals surface area contributed by atoms with Crippen molar-refractivity contribution in [3.8, 4) is 0 Å². The molecule has 1 N–H and O–H groups in total. The molecule has 0 aliphatic rings. The van der Waals surface area contributed by atoms with E-state index in [0.29, 0.717) is 0 Å². The lowest BCUT2D eigenvalue weighted by Gasteiger charge is -2.00. The fourth-order valence-electron chi connectivity index (χ4n) is 2.08. The second kappa shape index (κ2) is 4.47. The molecule has 0 aliphatic carbocycles. The number of hydrogen-bond donors (Lipinski definition) is 1. The van der Waals surface area contributed by atoms with Crippen molar-refractivity contribution in [3.05, 3.63) is 36.2 Å². The van der Waals surface area contributed by atoms with Gasteiger partial charge in [-0.15, -0.1) is 0 Å². The van der Waals surface area contributed by atoms with Crippen molar-refractivity contribution in [2.45, 2.75) is 19.3 Å². The number of aliphatic hydroxyl groups excluding tert-OH is 1. The SMILES string of the molecule is OCCCCc1ccc2c(c1)sc1nccn12. The Hall–Kier alpha value is -1.39. The number of aryl methyl sites for hydroxylation is 1.